The third kappa shape index (κ3) is 8.45. The molecule has 0 fully saturated rings. The van der Waals surface area contributed by atoms with Crippen LogP contribution in [-0.2, 0) is 14.4 Å². The highest BCUT2D eigenvalue weighted by Crippen LogP contribution is 1.99. The van der Waals surface area contributed by atoms with Gasteiger partial charge in [0.15, 0.2) is 0 Å². The molecule has 0 radical (unpaired) electrons. The summed E-state index contributed by atoms with van der Waals surface area (Å²) in [6.07, 6.45) is 2.36. The van der Waals surface area contributed by atoms with Crippen molar-refractivity contribution in [3.8, 4) is 0 Å². The molecule has 0 spiro atoms. The summed E-state index contributed by atoms with van der Waals surface area (Å²) in [5, 5.41) is 5.55. The van der Waals surface area contributed by atoms with Crippen LogP contribution in [0.5, 0.6) is 0 Å². The van der Waals surface area contributed by atoms with Gasteiger partial charge in [-0.25, -0.2) is 0 Å². The van der Waals surface area contributed by atoms with Crippen LogP contribution >= 0.6 is 0 Å². The minimum Gasteiger partial charge on any atom is -0.356 e. The van der Waals surface area contributed by atoms with Crippen LogP contribution < -0.4 is 16.4 Å². The Labute approximate surface area is 114 Å². The molecule has 1 amide bonds. The van der Waals surface area contributed by atoms with Gasteiger partial charge in [0.05, 0.1) is 12.1 Å². The van der Waals surface area contributed by atoms with Gasteiger partial charge in [-0.05, 0) is 40.2 Å². The molecule has 6 heteroatoms. The van der Waals surface area contributed by atoms with Gasteiger partial charge >= 0.3 is 0 Å². The number of nitrogens with one attached hydrogen (secondary N) is 2. The lowest BCUT2D eigenvalue weighted by Crippen LogP contribution is -2.38. The summed E-state index contributed by atoms with van der Waals surface area (Å²) in [5.74, 6) is -0.210. The lowest BCUT2D eigenvalue weighted by atomic mass is 10.1. The minimum atomic E-state index is -0.425. The second kappa shape index (κ2) is 9.63. The minimum absolute atomic E-state index is 0.0117. The number of hydrogen-bond acceptors (Lipinski definition) is 5. The van der Waals surface area contributed by atoms with E-state index in [0.717, 1.165) is 12.8 Å². The van der Waals surface area contributed by atoms with Gasteiger partial charge in [-0.1, -0.05) is 0 Å². The molecule has 19 heavy (non-hydrogen) atoms. The molecule has 0 aromatic heterocycles. The highest BCUT2D eigenvalue weighted by Gasteiger charge is 2.15. The van der Waals surface area contributed by atoms with Crippen molar-refractivity contribution in [2.45, 2.75) is 51.6 Å². The summed E-state index contributed by atoms with van der Waals surface area (Å²) in [6, 6.07) is -0.826. The SMILES string of the molecule is CN[C@@H](CC(=O)NCCCC[C@H](N)C(C)=O)C(C)=O. The topological polar surface area (TPSA) is 101 Å². The van der Waals surface area contributed by atoms with Crippen LogP contribution in [0.1, 0.15) is 39.5 Å². The van der Waals surface area contributed by atoms with Gasteiger partial charge in [0.1, 0.15) is 11.6 Å². The second-order valence-electron chi connectivity index (χ2n) is 4.72. The van der Waals surface area contributed by atoms with Gasteiger partial charge in [0, 0.05) is 13.0 Å². The van der Waals surface area contributed by atoms with Crippen LogP contribution in [0, 0.1) is 0 Å². The van der Waals surface area contributed by atoms with Gasteiger partial charge in [0.25, 0.3) is 0 Å². The first-order chi connectivity index (χ1) is 8.88. The van der Waals surface area contributed by atoms with Crippen molar-refractivity contribution in [1.82, 2.24) is 10.6 Å². The zero-order chi connectivity index (χ0) is 14.8. The van der Waals surface area contributed by atoms with E-state index in [1.54, 1.807) is 7.05 Å². The number of rotatable bonds is 10. The zero-order valence-corrected chi connectivity index (χ0v) is 12.0. The maximum atomic E-state index is 11.5. The van der Waals surface area contributed by atoms with E-state index in [-0.39, 0.29) is 23.9 Å². The summed E-state index contributed by atoms with van der Waals surface area (Å²) in [4.78, 5) is 33.6. The van der Waals surface area contributed by atoms with E-state index < -0.39 is 12.1 Å². The summed E-state index contributed by atoms with van der Waals surface area (Å²) >= 11 is 0. The van der Waals surface area contributed by atoms with E-state index >= 15 is 0 Å². The molecule has 6 nitrogen and oxygen atoms in total. The number of ketones is 2. The lowest BCUT2D eigenvalue weighted by Gasteiger charge is -2.12. The van der Waals surface area contributed by atoms with E-state index in [1.165, 1.54) is 13.8 Å². The maximum Gasteiger partial charge on any atom is 0.222 e. The molecule has 0 heterocycles. The quantitative estimate of drug-likeness (QED) is 0.476. The van der Waals surface area contributed by atoms with E-state index in [0.29, 0.717) is 13.0 Å². The maximum absolute atomic E-state index is 11.5. The number of likely N-dealkylation sites (N-methyl/N-ethyl adjacent to an activating group) is 1. The molecule has 0 unspecified atom stereocenters. The highest BCUT2D eigenvalue weighted by molar-refractivity contribution is 5.88. The van der Waals surface area contributed by atoms with Crippen LogP contribution in [-0.4, -0.2) is 43.1 Å². The normalized spacial score (nSPS) is 13.7. The van der Waals surface area contributed by atoms with Gasteiger partial charge < -0.3 is 16.4 Å². The van der Waals surface area contributed by atoms with E-state index in [1.807, 2.05) is 0 Å². The van der Waals surface area contributed by atoms with Crippen LogP contribution in [0.3, 0.4) is 0 Å². The Morgan fingerprint density at radius 3 is 2.21 bits per heavy atom. The Bertz CT molecular complexity index is 318. The molecule has 0 saturated heterocycles. The Balaban J connectivity index is 3.69. The van der Waals surface area contributed by atoms with Crippen molar-refractivity contribution in [3.05, 3.63) is 0 Å². The van der Waals surface area contributed by atoms with E-state index in [2.05, 4.69) is 10.6 Å². The first-order valence-corrected chi connectivity index (χ1v) is 6.59. The standard InChI is InChI=1S/C13H25N3O3/c1-9(17)11(14)6-4-5-7-16-13(19)8-12(15-3)10(2)18/h11-12,15H,4-8,14H2,1-3H3,(H,16,19)/t11-,12-/m0/s1. The highest BCUT2D eigenvalue weighted by atomic mass is 16.2. The van der Waals surface area contributed by atoms with E-state index in [4.69, 9.17) is 5.73 Å². The van der Waals surface area contributed by atoms with Crippen molar-refractivity contribution in [2.24, 2.45) is 5.73 Å². The molecule has 0 aromatic rings. The van der Waals surface area contributed by atoms with E-state index in [9.17, 15) is 14.4 Å². The summed E-state index contributed by atoms with van der Waals surface area (Å²) in [7, 11) is 1.66. The molecule has 4 N–H and O–H groups in total. The van der Waals surface area contributed by atoms with Crippen LogP contribution in [0.4, 0.5) is 0 Å². The fraction of sp³-hybridized carbons (Fsp3) is 0.769. The molecule has 0 aliphatic heterocycles. The fourth-order valence-electron chi connectivity index (χ4n) is 1.63. The number of unbranched alkanes of at least 4 members (excludes halogenated alkanes) is 1. The first-order valence-electron chi connectivity index (χ1n) is 6.59. The average molecular weight is 271 g/mol. The zero-order valence-electron chi connectivity index (χ0n) is 12.0. The van der Waals surface area contributed by atoms with Crippen molar-refractivity contribution in [3.63, 3.8) is 0 Å². The Hall–Kier alpha value is -1.27. The molecule has 0 saturated carbocycles. The number of amides is 1. The fourth-order valence-corrected chi connectivity index (χ4v) is 1.63. The summed E-state index contributed by atoms with van der Waals surface area (Å²) in [5.41, 5.74) is 5.59. The second-order valence-corrected chi connectivity index (χ2v) is 4.72. The predicted molar refractivity (Wildman–Crippen MR) is 73.7 cm³/mol. The molecule has 110 valence electrons. The molecule has 0 aliphatic rings. The van der Waals surface area contributed by atoms with Crippen molar-refractivity contribution < 1.29 is 14.4 Å². The lowest BCUT2D eigenvalue weighted by molar-refractivity contribution is -0.126. The van der Waals surface area contributed by atoms with Gasteiger partial charge in [0.2, 0.25) is 5.91 Å². The number of hydrogen-bond donors (Lipinski definition) is 3. The van der Waals surface area contributed by atoms with Crippen molar-refractivity contribution in [1.29, 1.82) is 0 Å². The monoisotopic (exact) mass is 271 g/mol. The van der Waals surface area contributed by atoms with Crippen molar-refractivity contribution >= 4 is 17.5 Å². The molecule has 0 rings (SSSR count). The van der Waals surface area contributed by atoms with Crippen LogP contribution in [0.2, 0.25) is 0 Å². The molecular formula is C13H25N3O3. The smallest absolute Gasteiger partial charge is 0.222 e. The number of Topliss-reactive ketones (excluding diaryl/α,β-unsaturated/α-hetero) is 2. The summed E-state index contributed by atoms with van der Waals surface area (Å²) in [6.45, 7) is 3.47. The van der Waals surface area contributed by atoms with Crippen LogP contribution in [0.15, 0.2) is 0 Å². The molecule has 2 atom stereocenters. The van der Waals surface area contributed by atoms with Crippen LogP contribution in [0.25, 0.3) is 0 Å². The predicted octanol–water partition coefficient (Wildman–Crippen LogP) is -0.244. The largest absolute Gasteiger partial charge is 0.356 e. The number of carbonyl (C=O) groups excluding carboxylic acids is 3. The Morgan fingerprint density at radius 1 is 1.11 bits per heavy atom. The number of nitrogens with two attached hydrogens (primary N) is 1. The summed E-state index contributed by atoms with van der Waals surface area (Å²) < 4.78 is 0. The van der Waals surface area contributed by atoms with Gasteiger partial charge in [-0.2, -0.15) is 0 Å². The molecule has 0 aromatic carbocycles. The number of carbonyl (C=O) groups is 3. The molecule has 0 bridgehead atoms. The average Bonchev–Trinajstić information content (AvgIpc) is 2.34. The Morgan fingerprint density at radius 2 is 1.74 bits per heavy atom. The molecule has 0 aliphatic carbocycles. The third-order valence-corrected chi connectivity index (χ3v) is 3.01. The van der Waals surface area contributed by atoms with Gasteiger partial charge in [-0.3, -0.25) is 14.4 Å². The first kappa shape index (κ1) is 17.7. The third-order valence-electron chi connectivity index (χ3n) is 3.01. The van der Waals surface area contributed by atoms with Crippen molar-refractivity contribution in [2.75, 3.05) is 13.6 Å². The Kier molecular flexibility index (Phi) is 8.99. The van der Waals surface area contributed by atoms with Gasteiger partial charge in [-0.15, -0.1) is 0 Å². The molecular weight excluding hydrogens is 246 g/mol.